The Bertz CT molecular complexity index is 932. The minimum absolute atomic E-state index is 0.148. The number of nitrogens with zero attached hydrogens (tertiary/aromatic N) is 3. The number of carbonyl (C=O) groups is 1. The van der Waals surface area contributed by atoms with Gasteiger partial charge in [-0.3, -0.25) is 9.78 Å². The van der Waals surface area contributed by atoms with Crippen LogP contribution in [-0.2, 0) is 6.42 Å². The maximum atomic E-state index is 12.5. The average Bonchev–Trinajstić information content (AvgIpc) is 2.80. The summed E-state index contributed by atoms with van der Waals surface area (Å²) in [6.07, 6.45) is 4.31. The number of hydrogen-bond donors (Lipinski definition) is 2. The molecule has 0 unspecified atom stereocenters. The Kier molecular flexibility index (Phi) is 6.12. The molecule has 1 atom stereocenters. The minimum Gasteiger partial charge on any atom is -0.353 e. The van der Waals surface area contributed by atoms with Gasteiger partial charge >= 0.3 is 0 Å². The van der Waals surface area contributed by atoms with Gasteiger partial charge in [0, 0.05) is 44.6 Å². The molecule has 1 aliphatic heterocycles. The first kappa shape index (κ1) is 19.1. The van der Waals surface area contributed by atoms with E-state index >= 15 is 0 Å². The number of pyridine rings is 2. The van der Waals surface area contributed by atoms with E-state index < -0.39 is 0 Å². The van der Waals surface area contributed by atoms with Gasteiger partial charge < -0.3 is 15.5 Å². The summed E-state index contributed by atoms with van der Waals surface area (Å²) < 4.78 is 0. The van der Waals surface area contributed by atoms with Crippen LogP contribution >= 0.6 is 0 Å². The lowest BCUT2D eigenvalue weighted by atomic mass is 10.0. The second-order valence-electron chi connectivity index (χ2n) is 7.11. The standard InChI is InChI=1S/C23H25N5O/c29-23(26-13-11-18-6-5-12-24-16-18)20-9-4-10-22(27-20)28-15-14-25-21(17-28)19-7-2-1-3-8-19/h1-10,12,16,21,25H,11,13-15,17H2,(H,26,29)/t21-/m0/s1. The Morgan fingerprint density at radius 1 is 1.10 bits per heavy atom. The maximum absolute atomic E-state index is 12.5. The molecule has 148 valence electrons. The molecule has 3 heterocycles. The van der Waals surface area contributed by atoms with Crippen LogP contribution in [0.15, 0.2) is 73.1 Å². The van der Waals surface area contributed by atoms with Gasteiger partial charge in [0.2, 0.25) is 0 Å². The van der Waals surface area contributed by atoms with Crippen molar-refractivity contribution in [3.63, 3.8) is 0 Å². The van der Waals surface area contributed by atoms with E-state index in [1.165, 1.54) is 5.56 Å². The molecule has 0 bridgehead atoms. The van der Waals surface area contributed by atoms with Crippen LogP contribution in [0.4, 0.5) is 5.82 Å². The Balaban J connectivity index is 1.38. The number of amides is 1. The molecule has 0 spiro atoms. The zero-order chi connectivity index (χ0) is 19.9. The number of nitrogens with one attached hydrogen (secondary N) is 2. The van der Waals surface area contributed by atoms with Crippen LogP contribution in [0.25, 0.3) is 0 Å². The number of aromatic nitrogens is 2. The van der Waals surface area contributed by atoms with Crippen molar-refractivity contribution in [3.8, 4) is 0 Å². The minimum atomic E-state index is -0.148. The number of anilines is 1. The first-order valence-corrected chi connectivity index (χ1v) is 9.97. The lowest BCUT2D eigenvalue weighted by Crippen LogP contribution is -2.46. The molecule has 3 aromatic rings. The first-order valence-electron chi connectivity index (χ1n) is 9.97. The van der Waals surface area contributed by atoms with Crippen molar-refractivity contribution in [2.24, 2.45) is 0 Å². The number of rotatable bonds is 6. The van der Waals surface area contributed by atoms with Gasteiger partial charge in [-0.05, 0) is 35.7 Å². The highest BCUT2D eigenvalue weighted by Crippen LogP contribution is 2.21. The third-order valence-corrected chi connectivity index (χ3v) is 5.09. The van der Waals surface area contributed by atoms with Crippen LogP contribution < -0.4 is 15.5 Å². The highest BCUT2D eigenvalue weighted by atomic mass is 16.1. The number of carbonyl (C=O) groups excluding carboxylic acids is 1. The molecular weight excluding hydrogens is 362 g/mol. The van der Waals surface area contributed by atoms with Crippen molar-refractivity contribution >= 4 is 11.7 Å². The number of hydrogen-bond acceptors (Lipinski definition) is 5. The summed E-state index contributed by atoms with van der Waals surface area (Å²) in [5.41, 5.74) is 2.81. The van der Waals surface area contributed by atoms with Crippen LogP contribution in [0, 0.1) is 0 Å². The largest absolute Gasteiger partial charge is 0.353 e. The van der Waals surface area contributed by atoms with Gasteiger partial charge in [0.15, 0.2) is 0 Å². The van der Waals surface area contributed by atoms with Crippen LogP contribution in [0.1, 0.15) is 27.7 Å². The summed E-state index contributed by atoms with van der Waals surface area (Å²) in [6.45, 7) is 3.12. The van der Waals surface area contributed by atoms with E-state index in [9.17, 15) is 4.79 Å². The molecule has 0 radical (unpaired) electrons. The molecule has 1 amide bonds. The molecule has 4 rings (SSSR count). The van der Waals surface area contributed by atoms with Gasteiger partial charge in [-0.2, -0.15) is 0 Å². The van der Waals surface area contributed by atoms with E-state index in [4.69, 9.17) is 0 Å². The molecule has 0 aliphatic carbocycles. The molecule has 6 nitrogen and oxygen atoms in total. The monoisotopic (exact) mass is 387 g/mol. The molecule has 1 fully saturated rings. The van der Waals surface area contributed by atoms with Crippen molar-refractivity contribution in [2.45, 2.75) is 12.5 Å². The fraction of sp³-hybridized carbons (Fsp3) is 0.261. The third kappa shape index (κ3) is 4.97. The van der Waals surface area contributed by atoms with Crippen LogP contribution in [0.2, 0.25) is 0 Å². The fourth-order valence-corrected chi connectivity index (χ4v) is 3.55. The lowest BCUT2D eigenvalue weighted by molar-refractivity contribution is 0.0949. The van der Waals surface area contributed by atoms with Crippen molar-refractivity contribution in [1.29, 1.82) is 0 Å². The summed E-state index contributed by atoms with van der Waals surface area (Å²) in [6, 6.07) is 20.2. The van der Waals surface area contributed by atoms with E-state index in [0.29, 0.717) is 12.2 Å². The van der Waals surface area contributed by atoms with Crippen LogP contribution in [0.3, 0.4) is 0 Å². The average molecular weight is 387 g/mol. The predicted octanol–water partition coefficient (Wildman–Crippen LogP) is 2.60. The zero-order valence-electron chi connectivity index (χ0n) is 16.3. The van der Waals surface area contributed by atoms with E-state index in [0.717, 1.165) is 37.4 Å². The van der Waals surface area contributed by atoms with E-state index in [1.54, 1.807) is 12.3 Å². The van der Waals surface area contributed by atoms with E-state index in [-0.39, 0.29) is 11.9 Å². The first-order chi connectivity index (χ1) is 14.3. The molecule has 29 heavy (non-hydrogen) atoms. The molecule has 0 saturated carbocycles. The van der Waals surface area contributed by atoms with Crippen molar-refractivity contribution < 1.29 is 4.79 Å². The van der Waals surface area contributed by atoms with Crippen molar-refractivity contribution in [3.05, 3.63) is 89.9 Å². The zero-order valence-corrected chi connectivity index (χ0v) is 16.3. The Hall–Kier alpha value is -3.25. The fourth-order valence-electron chi connectivity index (χ4n) is 3.55. The SMILES string of the molecule is O=C(NCCc1cccnc1)c1cccc(N2CCN[C@H](c3ccccc3)C2)n1. The summed E-state index contributed by atoms with van der Waals surface area (Å²) in [7, 11) is 0. The highest BCUT2D eigenvalue weighted by Gasteiger charge is 2.22. The topological polar surface area (TPSA) is 70.2 Å². The van der Waals surface area contributed by atoms with Gasteiger partial charge in [0.25, 0.3) is 5.91 Å². The molecule has 2 aromatic heterocycles. The summed E-state index contributed by atoms with van der Waals surface area (Å²) in [4.78, 5) is 23.5. The van der Waals surface area contributed by atoms with Crippen LogP contribution in [-0.4, -0.2) is 42.1 Å². The molecule has 1 aliphatic rings. The van der Waals surface area contributed by atoms with E-state index in [1.807, 2.05) is 36.5 Å². The van der Waals surface area contributed by atoms with Gasteiger partial charge in [-0.1, -0.05) is 42.5 Å². The summed E-state index contributed by atoms with van der Waals surface area (Å²) >= 11 is 0. The van der Waals surface area contributed by atoms with Gasteiger partial charge in [0.1, 0.15) is 11.5 Å². The predicted molar refractivity (Wildman–Crippen MR) is 114 cm³/mol. The highest BCUT2D eigenvalue weighted by molar-refractivity contribution is 5.92. The van der Waals surface area contributed by atoms with Gasteiger partial charge in [-0.15, -0.1) is 0 Å². The van der Waals surface area contributed by atoms with E-state index in [2.05, 4.69) is 49.8 Å². The Labute approximate surface area is 171 Å². The Morgan fingerprint density at radius 3 is 2.83 bits per heavy atom. The van der Waals surface area contributed by atoms with Gasteiger partial charge in [-0.25, -0.2) is 4.98 Å². The van der Waals surface area contributed by atoms with Crippen molar-refractivity contribution in [1.82, 2.24) is 20.6 Å². The third-order valence-electron chi connectivity index (χ3n) is 5.09. The second kappa shape index (κ2) is 9.30. The summed E-state index contributed by atoms with van der Waals surface area (Å²) in [5.74, 6) is 0.692. The molecule has 2 N–H and O–H groups in total. The van der Waals surface area contributed by atoms with Crippen LogP contribution in [0.5, 0.6) is 0 Å². The number of piperazine rings is 1. The molecule has 1 saturated heterocycles. The molecule has 6 heteroatoms. The molecular formula is C23H25N5O. The summed E-state index contributed by atoms with van der Waals surface area (Å²) in [5, 5.41) is 6.51. The maximum Gasteiger partial charge on any atom is 0.269 e. The van der Waals surface area contributed by atoms with Gasteiger partial charge in [0.05, 0.1) is 0 Å². The quantitative estimate of drug-likeness (QED) is 0.680. The smallest absolute Gasteiger partial charge is 0.269 e. The molecule has 1 aromatic carbocycles. The second-order valence-corrected chi connectivity index (χ2v) is 7.11. The van der Waals surface area contributed by atoms with Crippen molar-refractivity contribution in [2.75, 3.05) is 31.1 Å². The normalized spacial score (nSPS) is 16.4. The Morgan fingerprint density at radius 2 is 2.00 bits per heavy atom. The lowest BCUT2D eigenvalue weighted by Gasteiger charge is -2.34. The number of benzene rings is 1.